The third-order valence-electron chi connectivity index (χ3n) is 5.54. The number of hydrogen-bond acceptors (Lipinski definition) is 8. The summed E-state index contributed by atoms with van der Waals surface area (Å²) < 4.78 is 11.3. The summed E-state index contributed by atoms with van der Waals surface area (Å²) in [7, 11) is 0. The Labute approximate surface area is 185 Å². The molecule has 0 amide bonds. The van der Waals surface area contributed by atoms with Crippen LogP contribution in [0.2, 0.25) is 0 Å². The standard InChI is InChI=1S/C22H28N4O2S2/c1-3-18(29-12-1)17-15-30-22-20(17)21(23-6-2-9-28-14-16-4-5-16)24-19(25-22)13-26-7-10-27-11-8-26/h1,3,12,15-16H,2,4-11,13-14H2,(H,23,24,25). The molecule has 0 radical (unpaired) electrons. The van der Waals surface area contributed by atoms with E-state index in [0.29, 0.717) is 0 Å². The first-order valence-corrected chi connectivity index (χ1v) is 12.6. The zero-order valence-corrected chi connectivity index (χ0v) is 18.8. The molecule has 2 fully saturated rings. The molecule has 160 valence electrons. The highest BCUT2D eigenvalue weighted by atomic mass is 32.1. The second kappa shape index (κ2) is 9.70. The van der Waals surface area contributed by atoms with Crippen LogP contribution in [-0.4, -0.2) is 60.9 Å². The molecule has 4 heterocycles. The number of ether oxygens (including phenoxy) is 2. The first kappa shape index (κ1) is 20.3. The number of morpholine rings is 1. The van der Waals surface area contributed by atoms with E-state index in [2.05, 4.69) is 33.1 Å². The van der Waals surface area contributed by atoms with Crippen molar-refractivity contribution in [3.05, 3.63) is 28.7 Å². The van der Waals surface area contributed by atoms with E-state index in [0.717, 1.165) is 86.8 Å². The second-order valence-corrected chi connectivity index (χ2v) is 9.79. The molecule has 1 saturated heterocycles. The van der Waals surface area contributed by atoms with Crippen molar-refractivity contribution in [1.29, 1.82) is 0 Å². The molecule has 30 heavy (non-hydrogen) atoms. The van der Waals surface area contributed by atoms with Crippen molar-refractivity contribution in [2.75, 3.05) is 51.4 Å². The van der Waals surface area contributed by atoms with Gasteiger partial charge in [-0.15, -0.1) is 22.7 Å². The number of hydrogen-bond donors (Lipinski definition) is 1. The van der Waals surface area contributed by atoms with E-state index < -0.39 is 0 Å². The lowest BCUT2D eigenvalue weighted by molar-refractivity contribution is 0.0331. The molecule has 3 aromatic rings. The van der Waals surface area contributed by atoms with Crippen molar-refractivity contribution in [3.63, 3.8) is 0 Å². The summed E-state index contributed by atoms with van der Waals surface area (Å²) >= 11 is 3.47. The fourth-order valence-corrected chi connectivity index (χ4v) is 5.45. The maximum absolute atomic E-state index is 5.79. The van der Waals surface area contributed by atoms with E-state index in [9.17, 15) is 0 Å². The van der Waals surface area contributed by atoms with Crippen LogP contribution in [0.5, 0.6) is 0 Å². The lowest BCUT2D eigenvalue weighted by atomic mass is 10.2. The van der Waals surface area contributed by atoms with Gasteiger partial charge in [-0.05, 0) is 36.6 Å². The zero-order valence-electron chi connectivity index (χ0n) is 17.1. The molecule has 1 saturated carbocycles. The molecule has 1 aliphatic heterocycles. The van der Waals surface area contributed by atoms with Crippen molar-refractivity contribution in [2.45, 2.75) is 25.8 Å². The van der Waals surface area contributed by atoms with E-state index in [1.54, 1.807) is 22.7 Å². The molecule has 0 atom stereocenters. The van der Waals surface area contributed by atoms with Gasteiger partial charge in [0.2, 0.25) is 0 Å². The lowest BCUT2D eigenvalue weighted by Crippen LogP contribution is -2.36. The SMILES string of the molecule is c1csc(-c2csc3nc(CN4CCOCC4)nc(NCCCOCC4CC4)c23)c1. The van der Waals surface area contributed by atoms with E-state index >= 15 is 0 Å². The minimum atomic E-state index is 0.769. The smallest absolute Gasteiger partial charge is 0.146 e. The van der Waals surface area contributed by atoms with Crippen LogP contribution >= 0.6 is 22.7 Å². The molecule has 1 N–H and O–H groups in total. The molecule has 5 rings (SSSR count). The molecule has 0 unspecified atom stereocenters. The quantitative estimate of drug-likeness (QED) is 0.465. The molecule has 2 aliphatic rings. The molecule has 0 aromatic carbocycles. The first-order chi connectivity index (χ1) is 14.9. The first-order valence-electron chi connectivity index (χ1n) is 10.8. The lowest BCUT2D eigenvalue weighted by Gasteiger charge is -2.25. The number of nitrogens with one attached hydrogen (secondary N) is 1. The number of nitrogens with zero attached hydrogens (tertiary/aromatic N) is 3. The summed E-state index contributed by atoms with van der Waals surface area (Å²) in [6.45, 7) is 6.80. The van der Waals surface area contributed by atoms with Gasteiger partial charge in [0.1, 0.15) is 16.5 Å². The monoisotopic (exact) mass is 444 g/mol. The Bertz CT molecular complexity index is 950. The van der Waals surface area contributed by atoms with Crippen molar-refractivity contribution in [2.24, 2.45) is 5.92 Å². The van der Waals surface area contributed by atoms with Crippen molar-refractivity contribution < 1.29 is 9.47 Å². The van der Waals surface area contributed by atoms with Crippen LogP contribution in [0.25, 0.3) is 20.7 Å². The van der Waals surface area contributed by atoms with Gasteiger partial charge in [-0.3, -0.25) is 4.90 Å². The number of aromatic nitrogens is 2. The Morgan fingerprint density at radius 3 is 2.90 bits per heavy atom. The molecule has 3 aromatic heterocycles. The van der Waals surface area contributed by atoms with Crippen molar-refractivity contribution >= 4 is 38.7 Å². The van der Waals surface area contributed by atoms with Crippen LogP contribution < -0.4 is 5.32 Å². The van der Waals surface area contributed by atoms with Crippen LogP contribution in [0.1, 0.15) is 25.1 Å². The number of anilines is 1. The Morgan fingerprint density at radius 2 is 2.10 bits per heavy atom. The summed E-state index contributed by atoms with van der Waals surface area (Å²) in [5.74, 6) is 2.66. The van der Waals surface area contributed by atoms with Crippen LogP contribution in [0, 0.1) is 5.92 Å². The summed E-state index contributed by atoms with van der Waals surface area (Å²) in [5.41, 5.74) is 1.23. The molecule has 1 aliphatic carbocycles. The van der Waals surface area contributed by atoms with E-state index in [1.165, 1.54) is 23.3 Å². The van der Waals surface area contributed by atoms with Gasteiger partial charge in [-0.2, -0.15) is 0 Å². The third-order valence-corrected chi connectivity index (χ3v) is 7.32. The summed E-state index contributed by atoms with van der Waals surface area (Å²) in [4.78, 5) is 14.6. The Kier molecular flexibility index (Phi) is 6.57. The fraction of sp³-hybridized carbons (Fsp3) is 0.545. The second-order valence-electron chi connectivity index (χ2n) is 7.98. The molecule has 0 spiro atoms. The fourth-order valence-electron chi connectivity index (χ4n) is 3.67. The average Bonchev–Trinajstić information content (AvgIpc) is 3.24. The van der Waals surface area contributed by atoms with Crippen LogP contribution in [0.4, 0.5) is 5.82 Å². The Morgan fingerprint density at radius 1 is 1.20 bits per heavy atom. The Hall–Kier alpha value is -1.58. The highest BCUT2D eigenvalue weighted by molar-refractivity contribution is 7.18. The highest BCUT2D eigenvalue weighted by Crippen LogP contribution is 2.39. The van der Waals surface area contributed by atoms with E-state index in [-0.39, 0.29) is 0 Å². The normalized spacial score (nSPS) is 17.6. The highest BCUT2D eigenvalue weighted by Gasteiger charge is 2.21. The van der Waals surface area contributed by atoms with Gasteiger partial charge < -0.3 is 14.8 Å². The molecule has 8 heteroatoms. The van der Waals surface area contributed by atoms with Crippen molar-refractivity contribution in [1.82, 2.24) is 14.9 Å². The zero-order chi connectivity index (χ0) is 20.2. The van der Waals surface area contributed by atoms with Gasteiger partial charge in [0.05, 0.1) is 25.1 Å². The maximum Gasteiger partial charge on any atom is 0.146 e. The minimum absolute atomic E-state index is 0.769. The largest absolute Gasteiger partial charge is 0.381 e. The molecular formula is C22H28N4O2S2. The van der Waals surface area contributed by atoms with Crippen molar-refractivity contribution in [3.8, 4) is 10.4 Å². The van der Waals surface area contributed by atoms with E-state index in [1.807, 2.05) is 0 Å². The molecular weight excluding hydrogens is 416 g/mol. The number of thiophene rings is 2. The predicted octanol–water partition coefficient (Wildman–Crippen LogP) is 4.48. The van der Waals surface area contributed by atoms with Gasteiger partial charge in [0.25, 0.3) is 0 Å². The summed E-state index contributed by atoms with van der Waals surface area (Å²) in [6.07, 6.45) is 3.66. The van der Waals surface area contributed by atoms with Gasteiger partial charge in [0.15, 0.2) is 0 Å². The molecule has 0 bridgehead atoms. The van der Waals surface area contributed by atoms with Gasteiger partial charge in [-0.25, -0.2) is 9.97 Å². The van der Waals surface area contributed by atoms with E-state index in [4.69, 9.17) is 19.4 Å². The topological polar surface area (TPSA) is 59.5 Å². The number of fused-ring (bicyclic) bond motifs is 1. The van der Waals surface area contributed by atoms with Crippen LogP contribution in [0.15, 0.2) is 22.9 Å². The molecule has 6 nitrogen and oxygen atoms in total. The van der Waals surface area contributed by atoms with Crippen LogP contribution in [-0.2, 0) is 16.0 Å². The average molecular weight is 445 g/mol. The van der Waals surface area contributed by atoms with Gasteiger partial charge in [-0.1, -0.05) is 6.07 Å². The maximum atomic E-state index is 5.79. The number of rotatable bonds is 10. The van der Waals surface area contributed by atoms with Crippen LogP contribution in [0.3, 0.4) is 0 Å². The van der Waals surface area contributed by atoms with Gasteiger partial charge in [0, 0.05) is 48.7 Å². The summed E-state index contributed by atoms with van der Waals surface area (Å²) in [5, 5.41) is 9.08. The third kappa shape index (κ3) is 5.00. The minimum Gasteiger partial charge on any atom is -0.381 e. The Balaban J connectivity index is 1.33. The summed E-state index contributed by atoms with van der Waals surface area (Å²) in [6, 6.07) is 4.27. The van der Waals surface area contributed by atoms with Gasteiger partial charge >= 0.3 is 0 Å². The predicted molar refractivity (Wildman–Crippen MR) is 123 cm³/mol.